The van der Waals surface area contributed by atoms with Crippen molar-refractivity contribution in [1.29, 1.82) is 0 Å². The lowest BCUT2D eigenvalue weighted by Crippen LogP contribution is -2.27. The second-order valence-corrected chi connectivity index (χ2v) is 5.95. The van der Waals surface area contributed by atoms with Gasteiger partial charge in [-0.15, -0.1) is 11.3 Å². The molecule has 0 fully saturated rings. The van der Waals surface area contributed by atoms with Gasteiger partial charge in [-0.05, 0) is 31.2 Å². The van der Waals surface area contributed by atoms with Crippen LogP contribution in [0.1, 0.15) is 31.5 Å². The van der Waals surface area contributed by atoms with Gasteiger partial charge in [-0.2, -0.15) is 0 Å². The number of furan rings is 1. The van der Waals surface area contributed by atoms with Gasteiger partial charge in [-0.3, -0.25) is 9.59 Å². The van der Waals surface area contributed by atoms with Crippen molar-refractivity contribution in [3.8, 4) is 0 Å². The van der Waals surface area contributed by atoms with E-state index in [0.717, 1.165) is 5.56 Å². The molecule has 1 N–H and O–H groups in total. The SMILES string of the molecule is Cc1ccc(C(=O)NC(=Cc2ccco2)C(=O)c2nccs2)cc1. The van der Waals surface area contributed by atoms with E-state index in [0.29, 0.717) is 16.3 Å². The van der Waals surface area contributed by atoms with Crippen LogP contribution < -0.4 is 5.32 Å². The van der Waals surface area contributed by atoms with E-state index in [1.165, 1.54) is 23.7 Å². The number of allylic oxidation sites excluding steroid dienone is 1. The van der Waals surface area contributed by atoms with Crippen molar-refractivity contribution in [2.24, 2.45) is 0 Å². The summed E-state index contributed by atoms with van der Waals surface area (Å²) in [6.07, 6.45) is 4.54. The monoisotopic (exact) mass is 338 g/mol. The highest BCUT2D eigenvalue weighted by Crippen LogP contribution is 2.14. The van der Waals surface area contributed by atoms with Crippen LogP contribution in [0.25, 0.3) is 6.08 Å². The third-order valence-corrected chi connectivity index (χ3v) is 4.03. The molecule has 3 aromatic rings. The normalized spacial score (nSPS) is 11.3. The van der Waals surface area contributed by atoms with Gasteiger partial charge in [0.1, 0.15) is 5.76 Å². The summed E-state index contributed by atoms with van der Waals surface area (Å²) in [5.41, 5.74) is 1.64. The number of benzene rings is 1. The number of aryl methyl sites for hydroxylation is 1. The van der Waals surface area contributed by atoms with Crippen LogP contribution in [0.3, 0.4) is 0 Å². The average Bonchev–Trinajstić information content (AvgIpc) is 3.28. The zero-order valence-electron chi connectivity index (χ0n) is 12.9. The quantitative estimate of drug-likeness (QED) is 0.569. The van der Waals surface area contributed by atoms with Crippen molar-refractivity contribution >= 4 is 29.1 Å². The summed E-state index contributed by atoms with van der Waals surface area (Å²) in [7, 11) is 0. The Morgan fingerprint density at radius 2 is 2.00 bits per heavy atom. The molecule has 0 saturated heterocycles. The second kappa shape index (κ2) is 7.06. The summed E-state index contributed by atoms with van der Waals surface area (Å²) in [5, 5.41) is 4.67. The maximum absolute atomic E-state index is 12.6. The summed E-state index contributed by atoms with van der Waals surface area (Å²) in [5.74, 6) is -0.251. The van der Waals surface area contributed by atoms with Gasteiger partial charge in [-0.1, -0.05) is 17.7 Å². The molecule has 5 nitrogen and oxygen atoms in total. The minimum absolute atomic E-state index is 0.116. The van der Waals surface area contributed by atoms with E-state index < -0.39 is 0 Å². The van der Waals surface area contributed by atoms with Crippen molar-refractivity contribution < 1.29 is 14.0 Å². The number of nitrogens with one attached hydrogen (secondary N) is 1. The van der Waals surface area contributed by atoms with Gasteiger partial charge in [0.15, 0.2) is 5.01 Å². The summed E-state index contributed by atoms with van der Waals surface area (Å²) in [4.78, 5) is 29.0. The van der Waals surface area contributed by atoms with Gasteiger partial charge in [0.2, 0.25) is 5.78 Å². The summed E-state index contributed by atoms with van der Waals surface area (Å²) < 4.78 is 5.24. The fourth-order valence-corrected chi connectivity index (χ4v) is 2.61. The predicted octanol–water partition coefficient (Wildman–Crippen LogP) is 3.70. The molecule has 0 atom stereocenters. The summed E-state index contributed by atoms with van der Waals surface area (Å²) >= 11 is 1.21. The first-order valence-corrected chi connectivity index (χ1v) is 8.09. The zero-order valence-corrected chi connectivity index (χ0v) is 13.7. The molecule has 2 aromatic heterocycles. The van der Waals surface area contributed by atoms with Crippen LogP contribution in [0.15, 0.2) is 64.4 Å². The van der Waals surface area contributed by atoms with Gasteiger partial charge in [0, 0.05) is 23.2 Å². The number of rotatable bonds is 5. The van der Waals surface area contributed by atoms with Crippen molar-refractivity contribution in [3.63, 3.8) is 0 Å². The molecular weight excluding hydrogens is 324 g/mol. The maximum atomic E-state index is 12.6. The first-order valence-electron chi connectivity index (χ1n) is 7.21. The van der Waals surface area contributed by atoms with Crippen LogP contribution in [0.4, 0.5) is 0 Å². The number of aromatic nitrogens is 1. The molecule has 0 aliphatic carbocycles. The number of hydrogen-bond donors (Lipinski definition) is 1. The molecule has 0 aliphatic rings. The fourth-order valence-electron chi connectivity index (χ4n) is 2.02. The smallest absolute Gasteiger partial charge is 0.255 e. The Kier molecular flexibility index (Phi) is 4.67. The first-order chi connectivity index (χ1) is 11.6. The Bertz CT molecular complexity index is 864. The van der Waals surface area contributed by atoms with E-state index in [2.05, 4.69) is 10.3 Å². The Balaban J connectivity index is 1.89. The zero-order chi connectivity index (χ0) is 16.9. The second-order valence-electron chi connectivity index (χ2n) is 5.06. The number of carbonyl (C=O) groups is 2. The number of Topliss-reactive ketones (excluding diaryl/α,β-unsaturated/α-hetero) is 1. The molecule has 0 aliphatic heterocycles. The molecule has 0 radical (unpaired) electrons. The number of thiazole rings is 1. The van der Waals surface area contributed by atoms with E-state index in [1.54, 1.807) is 35.8 Å². The number of hydrogen-bond acceptors (Lipinski definition) is 5. The standard InChI is InChI=1S/C18H14N2O3S/c1-12-4-6-13(7-5-12)17(22)20-15(11-14-3-2-9-23-14)16(21)18-19-8-10-24-18/h2-11H,1H3,(H,20,22). The summed E-state index contributed by atoms with van der Waals surface area (Å²) in [6.45, 7) is 1.94. The molecule has 0 bridgehead atoms. The lowest BCUT2D eigenvalue weighted by molar-refractivity contribution is 0.0934. The van der Waals surface area contributed by atoms with E-state index >= 15 is 0 Å². The number of ketones is 1. The summed E-state index contributed by atoms with van der Waals surface area (Å²) in [6, 6.07) is 10.5. The molecule has 0 spiro atoms. The molecular formula is C18H14N2O3S. The highest BCUT2D eigenvalue weighted by Gasteiger charge is 2.18. The number of nitrogens with zero attached hydrogens (tertiary/aromatic N) is 1. The van der Waals surface area contributed by atoms with E-state index in [4.69, 9.17) is 4.42 Å². The predicted molar refractivity (Wildman–Crippen MR) is 91.8 cm³/mol. The van der Waals surface area contributed by atoms with E-state index in [1.807, 2.05) is 19.1 Å². The highest BCUT2D eigenvalue weighted by molar-refractivity contribution is 7.11. The van der Waals surface area contributed by atoms with Crippen molar-refractivity contribution in [1.82, 2.24) is 10.3 Å². The van der Waals surface area contributed by atoms with Crippen LogP contribution in [-0.4, -0.2) is 16.7 Å². The van der Waals surface area contributed by atoms with Crippen LogP contribution in [-0.2, 0) is 0 Å². The lowest BCUT2D eigenvalue weighted by atomic mass is 10.1. The molecule has 3 rings (SSSR count). The molecule has 120 valence electrons. The molecule has 0 unspecified atom stereocenters. The van der Waals surface area contributed by atoms with Gasteiger partial charge >= 0.3 is 0 Å². The minimum Gasteiger partial charge on any atom is -0.465 e. The van der Waals surface area contributed by atoms with Crippen LogP contribution in [0.5, 0.6) is 0 Å². The molecule has 1 amide bonds. The van der Waals surface area contributed by atoms with Gasteiger partial charge in [-0.25, -0.2) is 4.98 Å². The molecule has 24 heavy (non-hydrogen) atoms. The van der Waals surface area contributed by atoms with Crippen LogP contribution in [0.2, 0.25) is 0 Å². The average molecular weight is 338 g/mol. The van der Waals surface area contributed by atoms with Gasteiger partial charge in [0.05, 0.1) is 12.0 Å². The lowest BCUT2D eigenvalue weighted by Gasteiger charge is -2.08. The number of carbonyl (C=O) groups excluding carboxylic acids is 2. The first kappa shape index (κ1) is 15.9. The Labute approximate surface area is 142 Å². The van der Waals surface area contributed by atoms with Crippen LogP contribution in [0, 0.1) is 6.92 Å². The third kappa shape index (κ3) is 3.67. The van der Waals surface area contributed by atoms with E-state index in [9.17, 15) is 9.59 Å². The van der Waals surface area contributed by atoms with E-state index in [-0.39, 0.29) is 17.4 Å². The molecule has 2 heterocycles. The van der Waals surface area contributed by atoms with Gasteiger partial charge < -0.3 is 9.73 Å². The Hall–Kier alpha value is -2.99. The Morgan fingerprint density at radius 1 is 1.21 bits per heavy atom. The van der Waals surface area contributed by atoms with Crippen LogP contribution >= 0.6 is 11.3 Å². The van der Waals surface area contributed by atoms with Crippen molar-refractivity contribution in [2.75, 3.05) is 0 Å². The largest absolute Gasteiger partial charge is 0.465 e. The minimum atomic E-state index is -0.363. The fraction of sp³-hybridized carbons (Fsp3) is 0.0556. The molecule has 1 aromatic carbocycles. The third-order valence-electron chi connectivity index (χ3n) is 3.26. The maximum Gasteiger partial charge on any atom is 0.255 e. The van der Waals surface area contributed by atoms with Crippen molar-refractivity contribution in [3.05, 3.63) is 81.8 Å². The van der Waals surface area contributed by atoms with Gasteiger partial charge in [0.25, 0.3) is 5.91 Å². The Morgan fingerprint density at radius 3 is 2.62 bits per heavy atom. The molecule has 6 heteroatoms. The topological polar surface area (TPSA) is 72.2 Å². The molecule has 0 saturated carbocycles. The van der Waals surface area contributed by atoms with Crippen molar-refractivity contribution in [2.45, 2.75) is 6.92 Å². The number of amides is 1. The highest BCUT2D eigenvalue weighted by atomic mass is 32.1.